The maximum absolute atomic E-state index is 12.5. The second kappa shape index (κ2) is 26.7. The molecule has 8 nitrogen and oxygen atoms in total. The highest BCUT2D eigenvalue weighted by Gasteiger charge is 2.25. The zero-order valence-corrected chi connectivity index (χ0v) is 27.7. The summed E-state index contributed by atoms with van der Waals surface area (Å²) >= 11 is 0. The van der Waals surface area contributed by atoms with Gasteiger partial charge in [-0.2, -0.15) is 0 Å². The molecule has 0 aromatic rings. The molecule has 0 aromatic carbocycles. The van der Waals surface area contributed by atoms with Crippen LogP contribution in [0.5, 0.6) is 0 Å². The summed E-state index contributed by atoms with van der Waals surface area (Å²) in [6.07, 6.45) is 22.8. The summed E-state index contributed by atoms with van der Waals surface area (Å²) in [4.78, 5) is 36.1. The average Bonchev–Trinajstić information content (AvgIpc) is 2.93. The van der Waals surface area contributed by atoms with E-state index in [0.717, 1.165) is 57.8 Å². The molecule has 0 aliphatic rings. The van der Waals surface area contributed by atoms with Crippen molar-refractivity contribution in [1.29, 1.82) is 0 Å². The first kappa shape index (κ1) is 40.1. The third-order valence-corrected chi connectivity index (χ3v) is 7.40. The minimum atomic E-state index is -1.13. The Morgan fingerprint density at radius 3 is 1.74 bits per heavy atom. The fourth-order valence-corrected chi connectivity index (χ4v) is 4.71. The molecule has 0 saturated carbocycles. The standard InChI is InChI=1S/C34H63NO7/c1-6-8-10-12-13-14-15-16-17-18-19-20-21-23-25-33(37)42-30(29-41-32(36)24-22-11-9-7-2)28-40-27-26-31(34(38)39)35(3,4)5/h15-16,30-31H,6-14,17-29H2,1-5H3/b16-15-. The quantitative estimate of drug-likeness (QED) is 0.0432. The van der Waals surface area contributed by atoms with E-state index in [2.05, 4.69) is 26.0 Å². The lowest BCUT2D eigenvalue weighted by Crippen LogP contribution is -2.55. The molecule has 0 aliphatic heterocycles. The zero-order chi connectivity index (χ0) is 31.5. The van der Waals surface area contributed by atoms with E-state index in [0.29, 0.717) is 12.8 Å². The van der Waals surface area contributed by atoms with Crippen molar-refractivity contribution in [1.82, 2.24) is 0 Å². The van der Waals surface area contributed by atoms with Crippen molar-refractivity contribution in [2.45, 2.75) is 148 Å². The van der Waals surface area contributed by atoms with E-state index in [1.54, 1.807) is 21.1 Å². The first-order valence-electron chi connectivity index (χ1n) is 16.7. The van der Waals surface area contributed by atoms with E-state index < -0.39 is 18.1 Å². The lowest BCUT2D eigenvalue weighted by atomic mass is 10.1. The monoisotopic (exact) mass is 597 g/mol. The van der Waals surface area contributed by atoms with Crippen LogP contribution in [0.25, 0.3) is 0 Å². The third kappa shape index (κ3) is 24.6. The topological polar surface area (TPSA) is 102 Å². The summed E-state index contributed by atoms with van der Waals surface area (Å²) in [5.41, 5.74) is 0. The van der Waals surface area contributed by atoms with E-state index in [-0.39, 0.29) is 42.7 Å². The zero-order valence-electron chi connectivity index (χ0n) is 27.7. The lowest BCUT2D eigenvalue weighted by Gasteiger charge is -2.34. The highest BCUT2D eigenvalue weighted by atomic mass is 16.6. The molecular formula is C34H63NO7. The number of aliphatic carboxylic acids is 1. The van der Waals surface area contributed by atoms with Gasteiger partial charge in [0.2, 0.25) is 0 Å². The molecule has 2 unspecified atom stereocenters. The van der Waals surface area contributed by atoms with Crippen molar-refractivity contribution in [3.8, 4) is 0 Å². The van der Waals surface area contributed by atoms with E-state index in [4.69, 9.17) is 14.2 Å². The molecule has 2 atom stereocenters. The Morgan fingerprint density at radius 2 is 1.19 bits per heavy atom. The minimum Gasteiger partial charge on any atom is -0.544 e. The van der Waals surface area contributed by atoms with Crippen molar-refractivity contribution in [2.24, 2.45) is 0 Å². The fourth-order valence-electron chi connectivity index (χ4n) is 4.71. The van der Waals surface area contributed by atoms with Crippen molar-refractivity contribution in [3.63, 3.8) is 0 Å². The summed E-state index contributed by atoms with van der Waals surface area (Å²) in [7, 11) is 5.37. The van der Waals surface area contributed by atoms with Gasteiger partial charge in [-0.3, -0.25) is 9.59 Å². The molecule has 0 heterocycles. The normalized spacial score (nSPS) is 13.3. The summed E-state index contributed by atoms with van der Waals surface area (Å²) < 4.78 is 16.9. The third-order valence-electron chi connectivity index (χ3n) is 7.40. The summed E-state index contributed by atoms with van der Waals surface area (Å²) in [6, 6.07) is -0.719. The van der Waals surface area contributed by atoms with E-state index >= 15 is 0 Å². The Kier molecular flexibility index (Phi) is 25.5. The van der Waals surface area contributed by atoms with E-state index in [9.17, 15) is 19.5 Å². The van der Waals surface area contributed by atoms with Crippen LogP contribution in [0.3, 0.4) is 0 Å². The Balaban J connectivity index is 4.36. The largest absolute Gasteiger partial charge is 0.544 e. The number of unbranched alkanes of at least 4 members (excludes halogenated alkanes) is 13. The summed E-state index contributed by atoms with van der Waals surface area (Å²) in [5.74, 6) is -1.77. The minimum absolute atomic E-state index is 0.0397. The SMILES string of the molecule is CCCCCCC/C=C\CCCCCCCC(=O)OC(COCCC(C(=O)[O-])[N+](C)(C)C)COC(=O)CCCCCC. The van der Waals surface area contributed by atoms with Crippen LogP contribution in [0.15, 0.2) is 12.2 Å². The number of hydrogen-bond acceptors (Lipinski definition) is 7. The van der Waals surface area contributed by atoms with Crippen molar-refractivity contribution in [2.75, 3.05) is 41.0 Å². The van der Waals surface area contributed by atoms with Crippen LogP contribution in [-0.4, -0.2) is 75.5 Å². The van der Waals surface area contributed by atoms with Gasteiger partial charge in [-0.1, -0.05) is 90.2 Å². The number of nitrogens with zero attached hydrogens (tertiary/aromatic N) is 1. The van der Waals surface area contributed by atoms with Crippen molar-refractivity contribution in [3.05, 3.63) is 12.2 Å². The summed E-state index contributed by atoms with van der Waals surface area (Å²) in [6.45, 7) is 4.50. The molecule has 0 aromatic heterocycles. The second-order valence-corrected chi connectivity index (χ2v) is 12.4. The first-order chi connectivity index (χ1) is 20.1. The van der Waals surface area contributed by atoms with E-state index in [1.165, 1.54) is 44.9 Å². The van der Waals surface area contributed by atoms with Crippen molar-refractivity contribution < 1.29 is 38.2 Å². The number of carboxylic acid groups (broad SMARTS) is 1. The van der Waals surface area contributed by atoms with Crippen LogP contribution in [0, 0.1) is 0 Å². The van der Waals surface area contributed by atoms with Gasteiger partial charge in [0.25, 0.3) is 0 Å². The molecule has 0 aliphatic carbocycles. The van der Waals surface area contributed by atoms with Gasteiger partial charge in [0.05, 0.1) is 40.3 Å². The Morgan fingerprint density at radius 1 is 0.690 bits per heavy atom. The number of quaternary nitrogens is 1. The number of carbonyl (C=O) groups excluding carboxylic acids is 3. The second-order valence-electron chi connectivity index (χ2n) is 12.4. The van der Waals surface area contributed by atoms with Gasteiger partial charge in [0.15, 0.2) is 6.10 Å². The lowest BCUT2D eigenvalue weighted by molar-refractivity contribution is -0.889. The molecular weight excluding hydrogens is 534 g/mol. The molecule has 246 valence electrons. The highest BCUT2D eigenvalue weighted by Crippen LogP contribution is 2.12. The van der Waals surface area contributed by atoms with Gasteiger partial charge in [-0.15, -0.1) is 0 Å². The van der Waals surface area contributed by atoms with Crippen LogP contribution in [0.2, 0.25) is 0 Å². The fraction of sp³-hybridized carbons (Fsp3) is 0.853. The van der Waals surface area contributed by atoms with Crippen LogP contribution in [0.4, 0.5) is 0 Å². The maximum atomic E-state index is 12.5. The van der Waals surface area contributed by atoms with Gasteiger partial charge >= 0.3 is 11.9 Å². The van der Waals surface area contributed by atoms with Gasteiger partial charge in [0, 0.05) is 19.3 Å². The van der Waals surface area contributed by atoms with Crippen LogP contribution in [0.1, 0.15) is 136 Å². The molecule has 0 amide bonds. The number of carbonyl (C=O) groups is 3. The Labute approximate surface area is 257 Å². The predicted molar refractivity (Wildman–Crippen MR) is 167 cm³/mol. The number of esters is 2. The first-order valence-corrected chi connectivity index (χ1v) is 16.7. The molecule has 8 heteroatoms. The Hall–Kier alpha value is -1.93. The van der Waals surface area contributed by atoms with Gasteiger partial charge in [0.1, 0.15) is 12.6 Å². The van der Waals surface area contributed by atoms with E-state index in [1.807, 2.05) is 0 Å². The predicted octanol–water partition coefficient (Wildman–Crippen LogP) is 6.29. The smallest absolute Gasteiger partial charge is 0.306 e. The molecule has 0 radical (unpaired) electrons. The molecule has 0 bridgehead atoms. The maximum Gasteiger partial charge on any atom is 0.306 e. The van der Waals surface area contributed by atoms with Crippen molar-refractivity contribution >= 4 is 17.9 Å². The molecule has 0 rings (SSSR count). The molecule has 42 heavy (non-hydrogen) atoms. The Bertz CT molecular complexity index is 717. The number of ether oxygens (including phenoxy) is 3. The van der Waals surface area contributed by atoms with Crippen LogP contribution in [-0.2, 0) is 28.6 Å². The number of likely N-dealkylation sites (N-methyl/N-ethyl adjacent to an activating group) is 1. The van der Waals surface area contributed by atoms with Crippen LogP contribution >= 0.6 is 0 Å². The molecule has 0 fully saturated rings. The highest BCUT2D eigenvalue weighted by molar-refractivity contribution is 5.70. The van der Waals surface area contributed by atoms with Gasteiger partial charge in [-0.05, 0) is 38.5 Å². The average molecular weight is 598 g/mol. The molecule has 0 spiro atoms. The van der Waals surface area contributed by atoms with Gasteiger partial charge < -0.3 is 28.6 Å². The van der Waals surface area contributed by atoms with Gasteiger partial charge in [-0.25, -0.2) is 0 Å². The number of hydrogen-bond donors (Lipinski definition) is 0. The summed E-state index contributed by atoms with van der Waals surface area (Å²) in [5, 5.41) is 11.5. The number of allylic oxidation sites excluding steroid dienone is 2. The van der Waals surface area contributed by atoms with Crippen LogP contribution < -0.4 is 5.11 Å². The molecule has 0 saturated heterocycles. The number of rotatable bonds is 29. The number of carboxylic acids is 1. The molecule has 0 N–H and O–H groups in total.